The summed E-state index contributed by atoms with van der Waals surface area (Å²) in [6.45, 7) is 5.98. The molecule has 0 aromatic heterocycles. The van der Waals surface area contributed by atoms with Gasteiger partial charge in [-0.05, 0) is 119 Å². The van der Waals surface area contributed by atoms with E-state index >= 15 is 0 Å². The molecule has 19 N–H and O–H groups in total. The minimum absolute atomic E-state index is 0.00977. The Morgan fingerprint density at radius 3 is 1.61 bits per heavy atom. The van der Waals surface area contributed by atoms with E-state index in [1.165, 1.54) is 49.9 Å². The quantitative estimate of drug-likeness (QED) is 0.0318. The third-order valence-corrected chi connectivity index (χ3v) is 13.6. The standard InChI is InChI=1S/C55H86N12O15S/c1-31(2)27-41(49(75)59-30-44(70)61-43(55(81)82)29-34-13-7-6-8-14-34)66-51(77)38(16-10-12-25-57)64-54(80)46(33(4)68)67-52(78)40(23-26-83-5)62-47(73)32(3)60-50(76)39(21-22-45(71)72)63-53(79)42(28-35-17-19-36(69)20-18-35)65-48(74)37(58)15-9-11-24-56/h6-8,13-14,17-20,31-33,37-43,46,68-69H,9-12,15-16,21-30,56-58H2,1-5H3,(H,59,75)(H,60,76)(H,61,70)(H,62,73)(H,63,79)(H,64,80)(H,65,74)(H,66,77)(H,67,78)(H,71,72)(H,81,82)/t32-,33+,37-,38-,39-,40-,41-,42-,43-,46-/m0/s1. The minimum Gasteiger partial charge on any atom is -0.508 e. The number of carboxylic acid groups (broad SMARTS) is 2. The highest BCUT2D eigenvalue weighted by Crippen LogP contribution is 2.14. The van der Waals surface area contributed by atoms with Crippen LogP contribution in [-0.2, 0) is 65.6 Å². The number of carboxylic acids is 2. The van der Waals surface area contributed by atoms with Gasteiger partial charge in [-0.25, -0.2) is 4.79 Å². The van der Waals surface area contributed by atoms with Gasteiger partial charge in [-0.1, -0.05) is 62.7 Å². The predicted molar refractivity (Wildman–Crippen MR) is 309 cm³/mol. The number of hydrogen-bond donors (Lipinski definition) is 16. The fraction of sp³-hybridized carbons (Fsp3) is 0.582. The number of nitrogens with one attached hydrogen (secondary N) is 9. The van der Waals surface area contributed by atoms with Crippen molar-refractivity contribution in [1.29, 1.82) is 0 Å². The number of thioether (sulfide) groups is 1. The Labute approximate surface area is 487 Å². The van der Waals surface area contributed by atoms with Gasteiger partial charge in [0.2, 0.25) is 53.2 Å². The van der Waals surface area contributed by atoms with Crippen LogP contribution in [0.5, 0.6) is 5.75 Å². The zero-order valence-corrected chi connectivity index (χ0v) is 48.6. The molecule has 0 heterocycles. The largest absolute Gasteiger partial charge is 0.508 e. The number of carbonyl (C=O) groups excluding carboxylic acids is 9. The monoisotopic (exact) mass is 1190 g/mol. The SMILES string of the molecule is CSCC[C@H](NC(=O)[C@H](C)NC(=O)[C@H](CCC(=O)O)NC(=O)[C@H](Cc1ccc(O)cc1)NC(=O)[C@@H](N)CCCCN)C(=O)N[C@H](C(=O)N[C@@H](CCCCN)C(=O)N[C@@H](CC(C)C)C(=O)NCC(=O)N[C@@H](Cc1ccccc1)C(=O)O)[C@@H](C)O. The second kappa shape index (κ2) is 38.4. The van der Waals surface area contributed by atoms with Gasteiger partial charge in [0.05, 0.1) is 18.7 Å². The summed E-state index contributed by atoms with van der Waals surface area (Å²) in [6, 6.07) is 1.94. The van der Waals surface area contributed by atoms with E-state index in [1.807, 2.05) is 0 Å². The number of aliphatic hydroxyl groups is 1. The van der Waals surface area contributed by atoms with Crippen LogP contribution in [-0.4, -0.2) is 178 Å². The number of rotatable bonds is 40. The lowest BCUT2D eigenvalue weighted by atomic mass is 10.0. The third kappa shape index (κ3) is 28.0. The molecule has 462 valence electrons. The molecular weight excluding hydrogens is 1100 g/mol. The van der Waals surface area contributed by atoms with E-state index in [0.29, 0.717) is 43.4 Å². The number of benzene rings is 2. The second-order valence-electron chi connectivity index (χ2n) is 20.5. The van der Waals surface area contributed by atoms with Crippen LogP contribution in [0.1, 0.15) is 103 Å². The van der Waals surface area contributed by atoms with Crippen LogP contribution in [0.4, 0.5) is 0 Å². The molecule has 0 aliphatic heterocycles. The van der Waals surface area contributed by atoms with Crippen LogP contribution in [0.15, 0.2) is 54.6 Å². The molecule has 0 saturated carbocycles. The number of phenolic OH excluding ortho intramolecular Hbond substituents is 1. The minimum atomic E-state index is -1.73. The van der Waals surface area contributed by atoms with Gasteiger partial charge in [0.25, 0.3) is 0 Å². The van der Waals surface area contributed by atoms with Crippen LogP contribution >= 0.6 is 11.8 Å². The molecule has 0 aliphatic carbocycles. The Kier molecular flexibility index (Phi) is 33.2. The maximum Gasteiger partial charge on any atom is 0.326 e. The molecule has 10 atom stereocenters. The highest BCUT2D eigenvalue weighted by atomic mass is 32.2. The van der Waals surface area contributed by atoms with Gasteiger partial charge in [-0.3, -0.25) is 47.9 Å². The van der Waals surface area contributed by atoms with Gasteiger partial charge in [0.1, 0.15) is 54.1 Å². The van der Waals surface area contributed by atoms with Crippen molar-refractivity contribution in [2.75, 3.05) is 31.6 Å². The van der Waals surface area contributed by atoms with Crippen LogP contribution < -0.4 is 65.1 Å². The van der Waals surface area contributed by atoms with Crippen LogP contribution in [0.25, 0.3) is 0 Å². The molecule has 9 amide bonds. The summed E-state index contributed by atoms with van der Waals surface area (Å²) < 4.78 is 0. The van der Waals surface area contributed by atoms with Crippen molar-refractivity contribution in [3.63, 3.8) is 0 Å². The first kappa shape index (κ1) is 71.7. The fourth-order valence-corrected chi connectivity index (χ4v) is 8.70. The molecule has 0 aliphatic rings. The van der Waals surface area contributed by atoms with Crippen molar-refractivity contribution >= 4 is 76.9 Å². The molecule has 27 nitrogen and oxygen atoms in total. The first-order valence-electron chi connectivity index (χ1n) is 27.6. The summed E-state index contributed by atoms with van der Waals surface area (Å²) in [5.41, 5.74) is 18.5. The molecular formula is C55H86N12O15S. The van der Waals surface area contributed by atoms with E-state index in [9.17, 15) is 73.2 Å². The number of hydrogen-bond acceptors (Lipinski definition) is 17. The molecule has 0 fully saturated rings. The first-order chi connectivity index (χ1) is 39.3. The molecule has 2 rings (SSSR count). The number of phenols is 1. The molecule has 0 spiro atoms. The van der Waals surface area contributed by atoms with Gasteiger partial charge in [0, 0.05) is 19.3 Å². The Balaban J connectivity index is 2.27. The molecule has 28 heteroatoms. The number of unbranched alkanes of at least 4 members (excludes halogenated alkanes) is 2. The normalized spacial score (nSPS) is 14.7. The van der Waals surface area contributed by atoms with Crippen molar-refractivity contribution in [2.24, 2.45) is 23.1 Å². The second-order valence-corrected chi connectivity index (χ2v) is 21.5. The predicted octanol–water partition coefficient (Wildman–Crippen LogP) is -2.09. The van der Waals surface area contributed by atoms with Crippen LogP contribution in [0.3, 0.4) is 0 Å². The molecule has 2 aromatic rings. The lowest BCUT2D eigenvalue weighted by Gasteiger charge is -2.28. The topological polar surface area (TPSA) is 455 Å². The zero-order valence-electron chi connectivity index (χ0n) is 47.8. The number of aliphatic hydroxyl groups excluding tert-OH is 1. The van der Waals surface area contributed by atoms with Crippen molar-refractivity contribution in [3.8, 4) is 5.75 Å². The Bertz CT molecular complexity index is 2440. The van der Waals surface area contributed by atoms with E-state index < -0.39 is 145 Å². The molecule has 83 heavy (non-hydrogen) atoms. The Morgan fingerprint density at radius 1 is 0.530 bits per heavy atom. The summed E-state index contributed by atoms with van der Waals surface area (Å²) in [4.78, 5) is 147. The summed E-state index contributed by atoms with van der Waals surface area (Å²) in [5, 5.41) is 62.4. The molecule has 2 aromatic carbocycles. The third-order valence-electron chi connectivity index (χ3n) is 12.9. The maximum atomic E-state index is 14.0. The number of aliphatic carboxylic acids is 2. The van der Waals surface area contributed by atoms with E-state index in [2.05, 4.69) is 47.9 Å². The maximum absolute atomic E-state index is 14.0. The number of aromatic hydroxyl groups is 1. The summed E-state index contributed by atoms with van der Waals surface area (Å²) in [6.07, 6.45) is 1.05. The van der Waals surface area contributed by atoms with E-state index in [-0.39, 0.29) is 62.5 Å². The average Bonchev–Trinajstić information content (AvgIpc) is 3.45. The zero-order chi connectivity index (χ0) is 62.2. The number of carbonyl (C=O) groups is 11. The highest BCUT2D eigenvalue weighted by molar-refractivity contribution is 7.98. The molecule has 0 radical (unpaired) electrons. The highest BCUT2D eigenvalue weighted by Gasteiger charge is 2.36. The number of amides is 9. The van der Waals surface area contributed by atoms with Gasteiger partial charge >= 0.3 is 11.9 Å². The summed E-state index contributed by atoms with van der Waals surface area (Å²) >= 11 is 1.30. The Hall–Kier alpha value is -7.40. The van der Waals surface area contributed by atoms with E-state index in [4.69, 9.17) is 17.2 Å². The van der Waals surface area contributed by atoms with Crippen molar-refractivity contribution in [2.45, 2.75) is 165 Å². The van der Waals surface area contributed by atoms with Gasteiger partial charge < -0.3 is 85.5 Å². The fourth-order valence-electron chi connectivity index (χ4n) is 8.23. The molecule has 0 bridgehead atoms. The van der Waals surface area contributed by atoms with E-state index in [1.54, 1.807) is 50.4 Å². The van der Waals surface area contributed by atoms with Crippen molar-refractivity contribution in [1.82, 2.24) is 47.9 Å². The summed E-state index contributed by atoms with van der Waals surface area (Å²) in [7, 11) is 0. The summed E-state index contributed by atoms with van der Waals surface area (Å²) in [5.74, 6) is -10.5. The lowest BCUT2D eigenvalue weighted by Crippen LogP contribution is -2.61. The smallest absolute Gasteiger partial charge is 0.326 e. The number of nitrogens with two attached hydrogens (primary N) is 3. The van der Waals surface area contributed by atoms with Gasteiger partial charge in [-0.2, -0.15) is 11.8 Å². The van der Waals surface area contributed by atoms with Gasteiger partial charge in [0.15, 0.2) is 0 Å². The van der Waals surface area contributed by atoms with Crippen LogP contribution in [0, 0.1) is 5.92 Å². The van der Waals surface area contributed by atoms with Gasteiger partial charge in [-0.15, -0.1) is 0 Å². The van der Waals surface area contributed by atoms with Crippen molar-refractivity contribution in [3.05, 3.63) is 65.7 Å². The van der Waals surface area contributed by atoms with Crippen LogP contribution in [0.2, 0.25) is 0 Å². The first-order valence-corrected chi connectivity index (χ1v) is 29.0. The average molecular weight is 1190 g/mol. The molecule has 0 unspecified atom stereocenters. The Morgan fingerprint density at radius 2 is 1.04 bits per heavy atom. The van der Waals surface area contributed by atoms with E-state index in [0.717, 1.165) is 0 Å². The van der Waals surface area contributed by atoms with Crippen molar-refractivity contribution < 1.29 is 73.2 Å². The molecule has 0 saturated heterocycles. The lowest BCUT2D eigenvalue weighted by molar-refractivity contribution is -0.141.